The van der Waals surface area contributed by atoms with Crippen molar-refractivity contribution in [2.75, 3.05) is 13.2 Å². The van der Waals surface area contributed by atoms with Gasteiger partial charge in [0.15, 0.2) is 0 Å². The van der Waals surface area contributed by atoms with Crippen LogP contribution in [-0.4, -0.2) is 24.2 Å². The number of fused-ring (bicyclic) bond motifs is 1. The fraction of sp³-hybridized carbons (Fsp3) is 0.941. The minimum absolute atomic E-state index is 0.284. The van der Waals surface area contributed by atoms with Crippen LogP contribution in [0.5, 0.6) is 0 Å². The van der Waals surface area contributed by atoms with Crippen molar-refractivity contribution in [3.05, 3.63) is 0 Å². The molecular formula is C17H31NO2. The molecular weight excluding hydrogens is 250 g/mol. The first-order valence-electron chi connectivity index (χ1n) is 8.70. The molecule has 0 bridgehead atoms. The number of nitrogens with one attached hydrogen (secondary N) is 1. The summed E-state index contributed by atoms with van der Waals surface area (Å²) < 4.78 is 0. The van der Waals surface area contributed by atoms with Gasteiger partial charge in [-0.2, -0.15) is 0 Å². The van der Waals surface area contributed by atoms with E-state index in [1.54, 1.807) is 0 Å². The number of hydrogen-bond donors (Lipinski definition) is 2. The summed E-state index contributed by atoms with van der Waals surface area (Å²) in [6.07, 6.45) is 13.2. The zero-order valence-electron chi connectivity index (χ0n) is 12.8. The van der Waals surface area contributed by atoms with Crippen LogP contribution in [0.4, 0.5) is 0 Å². The molecule has 20 heavy (non-hydrogen) atoms. The lowest BCUT2D eigenvalue weighted by Crippen LogP contribution is -2.37. The van der Waals surface area contributed by atoms with Gasteiger partial charge in [-0.05, 0) is 43.9 Å². The number of aliphatic hydroxyl groups excluding tert-OH is 1. The first-order valence-corrected chi connectivity index (χ1v) is 8.70. The third kappa shape index (κ3) is 4.76. The molecule has 3 nitrogen and oxygen atoms in total. The molecule has 2 rings (SSSR count). The fourth-order valence-corrected chi connectivity index (χ4v) is 4.06. The van der Waals surface area contributed by atoms with E-state index in [0.29, 0.717) is 5.91 Å². The van der Waals surface area contributed by atoms with Gasteiger partial charge in [-0.3, -0.25) is 4.79 Å². The van der Waals surface area contributed by atoms with Crippen LogP contribution in [0, 0.1) is 17.8 Å². The number of unbranched alkanes of at least 4 members (excludes halogenated alkanes) is 3. The van der Waals surface area contributed by atoms with Gasteiger partial charge < -0.3 is 10.4 Å². The molecule has 0 saturated heterocycles. The van der Waals surface area contributed by atoms with Crippen molar-refractivity contribution in [1.29, 1.82) is 0 Å². The molecule has 0 aromatic heterocycles. The Kier molecular flexibility index (Phi) is 6.85. The second-order valence-electron chi connectivity index (χ2n) is 6.74. The predicted octanol–water partition coefficient (Wildman–Crippen LogP) is 3.26. The van der Waals surface area contributed by atoms with Crippen molar-refractivity contribution in [3.63, 3.8) is 0 Å². The van der Waals surface area contributed by atoms with Crippen LogP contribution in [0.25, 0.3) is 0 Å². The normalized spacial score (nSPS) is 29.8. The van der Waals surface area contributed by atoms with E-state index in [-0.39, 0.29) is 12.5 Å². The van der Waals surface area contributed by atoms with Gasteiger partial charge in [0.25, 0.3) is 0 Å². The molecule has 2 saturated carbocycles. The zero-order chi connectivity index (χ0) is 14.2. The topological polar surface area (TPSA) is 49.3 Å². The standard InChI is InChI=1S/C17H31NO2/c19-12-6-2-1-5-11-18-17(20)16-10-9-14-7-3-4-8-15(14)13-16/h14-16,19H,1-13H2,(H,18,20). The van der Waals surface area contributed by atoms with Crippen molar-refractivity contribution in [2.24, 2.45) is 17.8 Å². The number of aliphatic hydroxyl groups is 1. The maximum Gasteiger partial charge on any atom is 0.223 e. The van der Waals surface area contributed by atoms with E-state index in [1.165, 1.54) is 32.1 Å². The van der Waals surface area contributed by atoms with Crippen LogP contribution in [-0.2, 0) is 4.79 Å². The Morgan fingerprint density at radius 3 is 2.50 bits per heavy atom. The third-order valence-electron chi connectivity index (χ3n) is 5.29. The molecule has 1 amide bonds. The highest BCUT2D eigenvalue weighted by molar-refractivity contribution is 5.78. The van der Waals surface area contributed by atoms with E-state index in [2.05, 4.69) is 5.32 Å². The van der Waals surface area contributed by atoms with Crippen molar-refractivity contribution < 1.29 is 9.90 Å². The van der Waals surface area contributed by atoms with Crippen LogP contribution < -0.4 is 5.32 Å². The molecule has 0 aliphatic heterocycles. The Labute approximate surface area is 123 Å². The summed E-state index contributed by atoms with van der Waals surface area (Å²) in [5, 5.41) is 11.8. The molecule has 2 aliphatic rings. The van der Waals surface area contributed by atoms with Crippen LogP contribution in [0.3, 0.4) is 0 Å². The molecule has 0 aromatic rings. The largest absolute Gasteiger partial charge is 0.396 e. The van der Waals surface area contributed by atoms with E-state index in [4.69, 9.17) is 5.11 Å². The minimum Gasteiger partial charge on any atom is -0.396 e. The lowest BCUT2D eigenvalue weighted by atomic mass is 9.67. The SMILES string of the molecule is O=C(NCCCCCCO)C1CCC2CCCCC2C1. The lowest BCUT2D eigenvalue weighted by Gasteiger charge is -2.38. The molecule has 3 atom stereocenters. The number of rotatable bonds is 7. The highest BCUT2D eigenvalue weighted by atomic mass is 16.2. The summed E-state index contributed by atoms with van der Waals surface area (Å²) in [6, 6.07) is 0. The maximum absolute atomic E-state index is 12.2. The summed E-state index contributed by atoms with van der Waals surface area (Å²) >= 11 is 0. The Morgan fingerprint density at radius 2 is 1.70 bits per heavy atom. The van der Waals surface area contributed by atoms with Gasteiger partial charge in [0.1, 0.15) is 0 Å². The highest BCUT2D eigenvalue weighted by Crippen LogP contribution is 2.42. The average molecular weight is 281 g/mol. The smallest absolute Gasteiger partial charge is 0.223 e. The van der Waals surface area contributed by atoms with Gasteiger partial charge in [0.05, 0.1) is 0 Å². The monoisotopic (exact) mass is 281 g/mol. The summed E-state index contributed by atoms with van der Waals surface area (Å²) in [7, 11) is 0. The van der Waals surface area contributed by atoms with Gasteiger partial charge in [-0.15, -0.1) is 0 Å². The first kappa shape index (κ1) is 15.8. The Balaban J connectivity index is 1.60. The molecule has 3 unspecified atom stereocenters. The van der Waals surface area contributed by atoms with Gasteiger partial charge in [0, 0.05) is 19.1 Å². The number of hydrogen-bond acceptors (Lipinski definition) is 2. The molecule has 2 aliphatic carbocycles. The van der Waals surface area contributed by atoms with Crippen LogP contribution in [0.15, 0.2) is 0 Å². The Hall–Kier alpha value is -0.570. The molecule has 2 fully saturated rings. The number of carbonyl (C=O) groups excluding carboxylic acids is 1. The van der Waals surface area contributed by atoms with Crippen LogP contribution in [0.1, 0.15) is 70.6 Å². The quantitative estimate of drug-likeness (QED) is 0.704. The van der Waals surface area contributed by atoms with Gasteiger partial charge in [0.2, 0.25) is 5.91 Å². The van der Waals surface area contributed by atoms with Crippen molar-refractivity contribution in [2.45, 2.75) is 70.6 Å². The zero-order valence-corrected chi connectivity index (χ0v) is 12.8. The predicted molar refractivity (Wildman–Crippen MR) is 81.4 cm³/mol. The molecule has 3 heteroatoms. The van der Waals surface area contributed by atoms with E-state index in [9.17, 15) is 4.79 Å². The molecule has 0 heterocycles. The molecule has 0 spiro atoms. The van der Waals surface area contributed by atoms with Gasteiger partial charge >= 0.3 is 0 Å². The third-order valence-corrected chi connectivity index (χ3v) is 5.29. The maximum atomic E-state index is 12.2. The van der Waals surface area contributed by atoms with E-state index >= 15 is 0 Å². The molecule has 0 aromatic carbocycles. The Morgan fingerprint density at radius 1 is 0.950 bits per heavy atom. The van der Waals surface area contributed by atoms with Crippen LogP contribution in [0.2, 0.25) is 0 Å². The van der Waals surface area contributed by atoms with Crippen molar-refractivity contribution >= 4 is 5.91 Å². The fourth-order valence-electron chi connectivity index (χ4n) is 4.06. The van der Waals surface area contributed by atoms with E-state index in [0.717, 1.165) is 56.9 Å². The molecule has 2 N–H and O–H groups in total. The van der Waals surface area contributed by atoms with Crippen LogP contribution >= 0.6 is 0 Å². The molecule has 116 valence electrons. The summed E-state index contributed by atoms with van der Waals surface area (Å²) in [5.41, 5.74) is 0. The minimum atomic E-state index is 0.284. The highest BCUT2D eigenvalue weighted by Gasteiger charge is 2.34. The van der Waals surface area contributed by atoms with Crippen molar-refractivity contribution in [3.8, 4) is 0 Å². The van der Waals surface area contributed by atoms with E-state index in [1.807, 2.05) is 0 Å². The lowest BCUT2D eigenvalue weighted by molar-refractivity contribution is -0.127. The van der Waals surface area contributed by atoms with E-state index < -0.39 is 0 Å². The van der Waals surface area contributed by atoms with Crippen molar-refractivity contribution in [1.82, 2.24) is 5.32 Å². The Bertz CT molecular complexity index is 293. The average Bonchev–Trinajstić information content (AvgIpc) is 2.50. The molecule has 0 radical (unpaired) electrons. The number of amides is 1. The first-order chi connectivity index (χ1) is 9.81. The summed E-state index contributed by atoms with van der Waals surface area (Å²) in [5.74, 6) is 2.34. The second kappa shape index (κ2) is 8.66. The summed E-state index contributed by atoms with van der Waals surface area (Å²) in [6.45, 7) is 1.10. The number of carbonyl (C=O) groups is 1. The summed E-state index contributed by atoms with van der Waals surface area (Å²) in [4.78, 5) is 12.2. The van der Waals surface area contributed by atoms with Gasteiger partial charge in [-0.25, -0.2) is 0 Å². The van der Waals surface area contributed by atoms with Gasteiger partial charge in [-0.1, -0.05) is 38.5 Å². The second-order valence-corrected chi connectivity index (χ2v) is 6.74.